The lowest BCUT2D eigenvalue weighted by atomic mass is 9.68. The number of amides is 1. The van der Waals surface area contributed by atoms with E-state index >= 15 is 0 Å². The van der Waals surface area contributed by atoms with E-state index in [1.807, 2.05) is 12.1 Å². The molecule has 4 aliphatic rings. The minimum atomic E-state index is -4.20. The number of sulfonamides is 1. The second kappa shape index (κ2) is 10.4. The van der Waals surface area contributed by atoms with Crippen molar-refractivity contribution in [1.29, 1.82) is 0 Å². The lowest BCUT2D eigenvalue weighted by Crippen LogP contribution is -2.49. The number of anilines is 1. The quantitative estimate of drug-likeness (QED) is 0.474. The number of ether oxygens (including phenoxy) is 2. The number of rotatable bonds is 0. The van der Waals surface area contributed by atoms with E-state index < -0.39 is 21.5 Å². The number of carbonyl (C=O) groups is 2. The molecule has 41 heavy (non-hydrogen) atoms. The third kappa shape index (κ3) is 5.28. The smallest absolute Gasteiger partial charge is 0.265 e. The van der Waals surface area contributed by atoms with Crippen LogP contribution in [-0.2, 0) is 36.2 Å². The van der Waals surface area contributed by atoms with Crippen molar-refractivity contribution < 1.29 is 27.5 Å². The van der Waals surface area contributed by atoms with Gasteiger partial charge in [0.05, 0.1) is 23.8 Å². The van der Waals surface area contributed by atoms with Crippen molar-refractivity contribution in [2.24, 2.45) is 11.8 Å². The van der Waals surface area contributed by atoms with Gasteiger partial charge in [-0.05, 0) is 99.4 Å². The summed E-state index contributed by atoms with van der Waals surface area (Å²) >= 11 is 6.36. The summed E-state index contributed by atoms with van der Waals surface area (Å²) in [4.78, 5) is 28.3. The average Bonchev–Trinajstić information content (AvgIpc) is 3.05. The van der Waals surface area contributed by atoms with E-state index in [0.717, 1.165) is 32.1 Å². The summed E-state index contributed by atoms with van der Waals surface area (Å²) in [5.74, 6) is -0.158. The molecule has 2 aliphatic carbocycles. The largest absolute Gasteiger partial charge is 0.490 e. The van der Waals surface area contributed by atoms with Crippen LogP contribution in [0.3, 0.4) is 0 Å². The number of aryl methyl sites for hydroxylation is 1. The van der Waals surface area contributed by atoms with E-state index in [1.165, 1.54) is 37.1 Å². The van der Waals surface area contributed by atoms with E-state index in [9.17, 15) is 18.0 Å². The Morgan fingerprint density at radius 3 is 2.71 bits per heavy atom. The predicted octanol–water partition coefficient (Wildman–Crippen LogP) is 4.58. The van der Waals surface area contributed by atoms with Gasteiger partial charge in [-0.3, -0.25) is 9.59 Å². The van der Waals surface area contributed by atoms with Gasteiger partial charge in [-0.1, -0.05) is 23.7 Å². The van der Waals surface area contributed by atoms with Gasteiger partial charge in [0.1, 0.15) is 11.4 Å². The van der Waals surface area contributed by atoms with Gasteiger partial charge in [0.25, 0.3) is 15.9 Å². The van der Waals surface area contributed by atoms with Gasteiger partial charge in [-0.15, -0.1) is 0 Å². The predicted molar refractivity (Wildman–Crippen MR) is 156 cm³/mol. The van der Waals surface area contributed by atoms with E-state index in [4.69, 9.17) is 21.1 Å². The standard InChI is InChI=1S/C31H35ClN2O6S/c1-30(2)29(36)33-41(37,38)23-9-12-28-26(16-23)34(17-21-7-10-24(21)27(35)6-4-14-40-30)18-31(19-39-28)13-3-5-20-15-22(32)8-11-25(20)31/h4,6,8-9,11-12,15-16,21,24H,3,5,7,10,13-14,17-19H2,1-2H3,(H,33,36)/b6-4-/t21-,24+,31-/m0/s1. The van der Waals surface area contributed by atoms with Crippen molar-refractivity contribution >= 4 is 39.0 Å². The van der Waals surface area contributed by atoms with E-state index in [2.05, 4.69) is 15.7 Å². The van der Waals surface area contributed by atoms with Gasteiger partial charge in [0.2, 0.25) is 0 Å². The third-order valence-electron chi connectivity index (χ3n) is 9.15. The molecule has 0 aromatic heterocycles. The maximum Gasteiger partial charge on any atom is 0.265 e. The number of benzene rings is 2. The first-order valence-corrected chi connectivity index (χ1v) is 16.1. The Bertz CT molecular complexity index is 1540. The SMILES string of the molecule is CC1(C)OC/C=C\C(=O)[C@@H]2CC[C@H]2CN2C[C@@]3(CCCc4cc(Cl)ccc43)COc3ccc(cc32)S(=O)(=O)NC1=O. The van der Waals surface area contributed by atoms with Crippen LogP contribution >= 0.6 is 11.6 Å². The molecule has 0 radical (unpaired) electrons. The molecule has 1 N–H and O–H groups in total. The lowest BCUT2D eigenvalue weighted by Gasteiger charge is -2.44. The number of hydrogen-bond donors (Lipinski definition) is 1. The Balaban J connectivity index is 1.45. The van der Waals surface area contributed by atoms with Crippen molar-refractivity contribution in [1.82, 2.24) is 4.72 Å². The molecule has 0 unspecified atom stereocenters. The summed E-state index contributed by atoms with van der Waals surface area (Å²) in [6.07, 6.45) is 7.70. The zero-order chi connectivity index (χ0) is 29.0. The second-order valence-corrected chi connectivity index (χ2v) is 14.4. The molecule has 3 atom stereocenters. The van der Waals surface area contributed by atoms with Gasteiger partial charge in [-0.2, -0.15) is 0 Å². The summed E-state index contributed by atoms with van der Waals surface area (Å²) < 4.78 is 41.1. The maximum absolute atomic E-state index is 13.4. The van der Waals surface area contributed by atoms with Gasteiger partial charge in [-0.25, -0.2) is 13.1 Å². The Hall–Kier alpha value is -2.88. The molecule has 1 spiro atoms. The molecule has 1 amide bonds. The molecule has 0 saturated heterocycles. The number of nitrogens with zero attached hydrogens (tertiary/aromatic N) is 1. The van der Waals surface area contributed by atoms with Gasteiger partial charge in [0.15, 0.2) is 5.78 Å². The monoisotopic (exact) mass is 598 g/mol. The van der Waals surface area contributed by atoms with Crippen LogP contribution in [0.1, 0.15) is 50.7 Å². The van der Waals surface area contributed by atoms with Crippen LogP contribution in [0.2, 0.25) is 5.02 Å². The molecule has 1 saturated carbocycles. The van der Waals surface area contributed by atoms with Crippen LogP contribution in [0.5, 0.6) is 5.75 Å². The Morgan fingerprint density at radius 1 is 1.10 bits per heavy atom. The highest BCUT2D eigenvalue weighted by molar-refractivity contribution is 7.90. The van der Waals surface area contributed by atoms with Gasteiger partial charge < -0.3 is 14.4 Å². The summed E-state index contributed by atoms with van der Waals surface area (Å²) in [6, 6.07) is 10.8. The van der Waals surface area contributed by atoms with Crippen LogP contribution in [0.25, 0.3) is 0 Å². The molecule has 10 heteroatoms. The Labute approximate surface area is 246 Å². The topological polar surface area (TPSA) is 102 Å². The number of hydrogen-bond acceptors (Lipinski definition) is 7. The molecule has 218 valence electrons. The molecule has 2 aromatic carbocycles. The highest BCUT2D eigenvalue weighted by Crippen LogP contribution is 2.46. The normalized spacial score (nSPS) is 29.7. The van der Waals surface area contributed by atoms with Crippen molar-refractivity contribution in [2.45, 2.75) is 61.9 Å². The van der Waals surface area contributed by atoms with Gasteiger partial charge >= 0.3 is 0 Å². The molecular formula is C31H35ClN2O6S. The fourth-order valence-corrected chi connectivity index (χ4v) is 7.94. The number of carbonyl (C=O) groups excluding carboxylic acids is 2. The zero-order valence-electron chi connectivity index (χ0n) is 23.3. The number of allylic oxidation sites excluding steroid dienone is 1. The molecule has 2 bridgehead atoms. The lowest BCUT2D eigenvalue weighted by molar-refractivity contribution is -0.139. The highest BCUT2D eigenvalue weighted by Gasteiger charge is 2.44. The van der Waals surface area contributed by atoms with Crippen molar-refractivity contribution in [3.63, 3.8) is 0 Å². The molecule has 8 nitrogen and oxygen atoms in total. The molecular weight excluding hydrogens is 564 g/mol. The van der Waals surface area contributed by atoms with Crippen LogP contribution in [0, 0.1) is 11.8 Å². The van der Waals surface area contributed by atoms with Crippen molar-refractivity contribution in [2.75, 3.05) is 31.2 Å². The summed E-state index contributed by atoms with van der Waals surface area (Å²) in [6.45, 7) is 4.65. The first-order chi connectivity index (χ1) is 19.5. The minimum Gasteiger partial charge on any atom is -0.490 e. The summed E-state index contributed by atoms with van der Waals surface area (Å²) in [7, 11) is -4.20. The van der Waals surface area contributed by atoms with Crippen LogP contribution < -0.4 is 14.4 Å². The highest BCUT2D eigenvalue weighted by atomic mass is 35.5. The van der Waals surface area contributed by atoms with E-state index in [0.29, 0.717) is 36.2 Å². The Morgan fingerprint density at radius 2 is 1.93 bits per heavy atom. The molecule has 1 fully saturated rings. The van der Waals surface area contributed by atoms with Crippen LogP contribution in [0.4, 0.5) is 5.69 Å². The zero-order valence-corrected chi connectivity index (χ0v) is 24.9. The van der Waals surface area contributed by atoms with Gasteiger partial charge in [0, 0.05) is 29.4 Å². The first kappa shape index (κ1) is 28.2. The molecule has 6 rings (SSSR count). The summed E-state index contributed by atoms with van der Waals surface area (Å²) in [5, 5.41) is 0.706. The van der Waals surface area contributed by atoms with Crippen LogP contribution in [0.15, 0.2) is 53.4 Å². The summed E-state index contributed by atoms with van der Waals surface area (Å²) in [5.41, 5.74) is 1.32. The third-order valence-corrected chi connectivity index (χ3v) is 10.7. The van der Waals surface area contributed by atoms with Crippen LogP contribution in [-0.4, -0.2) is 52.0 Å². The van der Waals surface area contributed by atoms with Crippen molar-refractivity contribution in [3.05, 3.63) is 64.7 Å². The average molecular weight is 599 g/mol. The van der Waals surface area contributed by atoms with E-state index in [1.54, 1.807) is 18.2 Å². The Kier molecular flexibility index (Phi) is 7.19. The van der Waals surface area contributed by atoms with Crippen molar-refractivity contribution in [3.8, 4) is 5.75 Å². The fraction of sp³-hybridized carbons (Fsp3) is 0.484. The van der Waals surface area contributed by atoms with E-state index in [-0.39, 0.29) is 34.5 Å². The number of ketones is 1. The number of halogens is 1. The number of fused-ring (bicyclic) bond motifs is 4. The molecule has 2 heterocycles. The molecule has 2 aliphatic heterocycles. The number of nitrogens with one attached hydrogen (secondary N) is 1. The second-order valence-electron chi connectivity index (χ2n) is 12.2. The maximum atomic E-state index is 13.4. The fourth-order valence-electron chi connectivity index (χ4n) is 6.62. The first-order valence-electron chi connectivity index (χ1n) is 14.2. The minimum absolute atomic E-state index is 0.0118. The molecule has 2 aromatic rings.